The quantitative estimate of drug-likeness (QED) is 0.392. The molecule has 0 N–H and O–H groups in total. The van der Waals surface area contributed by atoms with Gasteiger partial charge in [0.05, 0.1) is 6.61 Å². The maximum absolute atomic E-state index is 11.2. The molecule has 1 fully saturated rings. The molecule has 3 nitrogen and oxygen atoms in total. The van der Waals surface area contributed by atoms with Crippen molar-refractivity contribution in [1.82, 2.24) is 0 Å². The first-order valence-electron chi connectivity index (χ1n) is 5.07. The lowest BCUT2D eigenvalue weighted by Crippen LogP contribution is -2.07. The zero-order chi connectivity index (χ0) is 10.4. The van der Waals surface area contributed by atoms with Crippen molar-refractivity contribution in [3.8, 4) is 6.07 Å². The van der Waals surface area contributed by atoms with Crippen LogP contribution < -0.4 is 0 Å². The smallest absolute Gasteiger partial charge is 0.348 e. The van der Waals surface area contributed by atoms with E-state index in [-0.39, 0.29) is 5.57 Å². The first kappa shape index (κ1) is 10.8. The van der Waals surface area contributed by atoms with Crippen LogP contribution in [0.2, 0.25) is 0 Å². The fourth-order valence-electron chi connectivity index (χ4n) is 1.72. The Morgan fingerprint density at radius 1 is 1.57 bits per heavy atom. The van der Waals surface area contributed by atoms with Crippen LogP contribution in [-0.4, -0.2) is 12.6 Å². The lowest BCUT2D eigenvalue weighted by molar-refractivity contribution is -0.138. The van der Waals surface area contributed by atoms with Crippen LogP contribution in [-0.2, 0) is 9.53 Å². The van der Waals surface area contributed by atoms with Crippen LogP contribution in [0.15, 0.2) is 11.6 Å². The molecule has 0 radical (unpaired) electrons. The first-order chi connectivity index (χ1) is 6.77. The number of carbonyl (C=O) groups is 1. The summed E-state index contributed by atoms with van der Waals surface area (Å²) in [6, 6.07) is 1.90. The van der Waals surface area contributed by atoms with Crippen molar-refractivity contribution in [3.05, 3.63) is 11.6 Å². The molecule has 0 bridgehead atoms. The maximum Gasteiger partial charge on any atom is 0.348 e. The summed E-state index contributed by atoms with van der Waals surface area (Å²) in [7, 11) is 0. The Bertz CT molecular complexity index is 270. The van der Waals surface area contributed by atoms with E-state index in [0.29, 0.717) is 12.5 Å². The summed E-state index contributed by atoms with van der Waals surface area (Å²) in [5.41, 5.74) is 0.166. The highest BCUT2D eigenvalue weighted by Crippen LogP contribution is 2.26. The fraction of sp³-hybridized carbons (Fsp3) is 0.636. The van der Waals surface area contributed by atoms with Gasteiger partial charge < -0.3 is 4.74 Å². The Labute approximate surface area is 84.4 Å². The summed E-state index contributed by atoms with van der Waals surface area (Å²) in [6.45, 7) is 2.06. The van der Waals surface area contributed by atoms with Gasteiger partial charge in [0.1, 0.15) is 11.6 Å². The second-order valence-electron chi connectivity index (χ2n) is 3.46. The molecule has 1 aliphatic rings. The topological polar surface area (TPSA) is 50.1 Å². The largest absolute Gasteiger partial charge is 0.462 e. The minimum absolute atomic E-state index is 0.166. The molecule has 0 unspecified atom stereocenters. The molecule has 0 aromatic carbocycles. The molecule has 0 aliphatic heterocycles. The summed E-state index contributed by atoms with van der Waals surface area (Å²) in [5.74, 6) is -0.0871. The van der Waals surface area contributed by atoms with E-state index in [4.69, 9.17) is 10.00 Å². The van der Waals surface area contributed by atoms with Crippen LogP contribution in [0.4, 0.5) is 0 Å². The van der Waals surface area contributed by atoms with Crippen molar-refractivity contribution in [3.63, 3.8) is 0 Å². The first-order valence-corrected chi connectivity index (χ1v) is 5.07. The van der Waals surface area contributed by atoms with Gasteiger partial charge in [-0.15, -0.1) is 0 Å². The van der Waals surface area contributed by atoms with E-state index in [1.54, 1.807) is 13.0 Å². The predicted molar refractivity (Wildman–Crippen MR) is 52.3 cm³/mol. The molecule has 0 amide bonds. The van der Waals surface area contributed by atoms with Crippen molar-refractivity contribution in [2.75, 3.05) is 6.61 Å². The van der Waals surface area contributed by atoms with Crippen molar-refractivity contribution in [2.45, 2.75) is 32.6 Å². The average Bonchev–Trinajstić information content (AvgIpc) is 2.66. The van der Waals surface area contributed by atoms with E-state index in [2.05, 4.69) is 0 Å². The molecular weight excluding hydrogens is 178 g/mol. The molecule has 0 atom stereocenters. The number of esters is 1. The van der Waals surface area contributed by atoms with E-state index in [9.17, 15) is 4.79 Å². The molecule has 0 aromatic rings. The Morgan fingerprint density at radius 3 is 2.71 bits per heavy atom. The number of hydrogen-bond donors (Lipinski definition) is 0. The van der Waals surface area contributed by atoms with Crippen molar-refractivity contribution in [1.29, 1.82) is 5.26 Å². The number of rotatable bonds is 3. The third kappa shape index (κ3) is 2.88. The van der Waals surface area contributed by atoms with Crippen LogP contribution in [0.3, 0.4) is 0 Å². The molecule has 0 aromatic heterocycles. The molecule has 0 heterocycles. The average molecular weight is 193 g/mol. The van der Waals surface area contributed by atoms with Gasteiger partial charge in [0.2, 0.25) is 0 Å². The number of nitrogens with zero attached hydrogens (tertiary/aromatic N) is 1. The summed E-state index contributed by atoms with van der Waals surface area (Å²) in [5, 5.41) is 8.76. The van der Waals surface area contributed by atoms with Gasteiger partial charge >= 0.3 is 5.97 Å². The molecule has 0 spiro atoms. The molecule has 1 aliphatic carbocycles. The molecular formula is C11H15NO2. The fourth-order valence-corrected chi connectivity index (χ4v) is 1.72. The zero-order valence-electron chi connectivity index (χ0n) is 8.45. The van der Waals surface area contributed by atoms with Crippen LogP contribution in [0.1, 0.15) is 32.6 Å². The molecule has 1 saturated carbocycles. The lowest BCUT2D eigenvalue weighted by atomic mass is 10.0. The van der Waals surface area contributed by atoms with Crippen molar-refractivity contribution >= 4 is 5.97 Å². The lowest BCUT2D eigenvalue weighted by Gasteiger charge is -2.03. The monoisotopic (exact) mass is 193 g/mol. The molecule has 3 heteroatoms. The van der Waals surface area contributed by atoms with Gasteiger partial charge in [-0.3, -0.25) is 0 Å². The highest BCUT2D eigenvalue weighted by Gasteiger charge is 2.17. The van der Waals surface area contributed by atoms with Gasteiger partial charge in [-0.05, 0) is 25.7 Å². The van der Waals surface area contributed by atoms with E-state index in [1.807, 2.05) is 6.07 Å². The molecule has 1 rings (SSSR count). The number of carbonyl (C=O) groups excluding carboxylic acids is 1. The van der Waals surface area contributed by atoms with E-state index < -0.39 is 5.97 Å². The summed E-state index contributed by atoms with van der Waals surface area (Å²) in [4.78, 5) is 11.2. The summed E-state index contributed by atoms with van der Waals surface area (Å²) >= 11 is 0. The van der Waals surface area contributed by atoms with E-state index >= 15 is 0 Å². The standard InChI is InChI=1S/C11H15NO2/c1-2-14-11(13)10(8-12)7-9-5-3-4-6-9/h7,9H,2-6H2,1H3. The Hall–Kier alpha value is -1.30. The van der Waals surface area contributed by atoms with Crippen LogP contribution >= 0.6 is 0 Å². The summed E-state index contributed by atoms with van der Waals surface area (Å²) in [6.07, 6.45) is 6.34. The normalized spacial score (nSPS) is 17.9. The SMILES string of the molecule is CCOC(=O)C(C#N)=CC1CCCC1. The highest BCUT2D eigenvalue weighted by molar-refractivity contribution is 5.92. The molecule has 14 heavy (non-hydrogen) atoms. The number of hydrogen-bond acceptors (Lipinski definition) is 3. The predicted octanol–water partition coefficient (Wildman–Crippen LogP) is 2.19. The second kappa shape index (κ2) is 5.43. The Kier molecular flexibility index (Phi) is 4.18. The third-order valence-electron chi connectivity index (χ3n) is 2.42. The number of nitriles is 1. The van der Waals surface area contributed by atoms with E-state index in [1.165, 1.54) is 12.8 Å². The summed E-state index contributed by atoms with van der Waals surface area (Å²) < 4.78 is 4.78. The number of allylic oxidation sites excluding steroid dienone is 1. The van der Waals surface area contributed by atoms with Crippen molar-refractivity contribution in [2.24, 2.45) is 5.92 Å². The Morgan fingerprint density at radius 2 is 2.21 bits per heavy atom. The van der Waals surface area contributed by atoms with Crippen LogP contribution in [0, 0.1) is 17.2 Å². The van der Waals surface area contributed by atoms with Gasteiger partial charge in [0.15, 0.2) is 0 Å². The van der Waals surface area contributed by atoms with Crippen LogP contribution in [0.5, 0.6) is 0 Å². The zero-order valence-corrected chi connectivity index (χ0v) is 8.45. The Balaban J connectivity index is 2.60. The number of ether oxygens (including phenoxy) is 1. The van der Waals surface area contributed by atoms with Crippen LogP contribution in [0.25, 0.3) is 0 Å². The van der Waals surface area contributed by atoms with E-state index in [0.717, 1.165) is 12.8 Å². The van der Waals surface area contributed by atoms with Gasteiger partial charge in [-0.1, -0.05) is 18.9 Å². The minimum Gasteiger partial charge on any atom is -0.462 e. The van der Waals surface area contributed by atoms with Gasteiger partial charge in [0.25, 0.3) is 0 Å². The highest BCUT2D eigenvalue weighted by atomic mass is 16.5. The maximum atomic E-state index is 11.2. The minimum atomic E-state index is -0.484. The second-order valence-corrected chi connectivity index (χ2v) is 3.46. The van der Waals surface area contributed by atoms with Crippen molar-refractivity contribution < 1.29 is 9.53 Å². The molecule has 76 valence electrons. The van der Waals surface area contributed by atoms with Gasteiger partial charge in [0, 0.05) is 0 Å². The van der Waals surface area contributed by atoms with Gasteiger partial charge in [-0.25, -0.2) is 4.79 Å². The molecule has 0 saturated heterocycles. The third-order valence-corrected chi connectivity index (χ3v) is 2.42. The van der Waals surface area contributed by atoms with Gasteiger partial charge in [-0.2, -0.15) is 5.26 Å².